The normalized spacial score (nSPS) is 17.1. The largest absolute Gasteiger partial charge is 0.348 e. The summed E-state index contributed by atoms with van der Waals surface area (Å²) in [4.78, 5) is 13.9. The van der Waals surface area contributed by atoms with E-state index in [2.05, 4.69) is 5.32 Å². The molecule has 2 aromatic carbocycles. The van der Waals surface area contributed by atoms with Gasteiger partial charge in [-0.2, -0.15) is 4.31 Å². The first-order chi connectivity index (χ1) is 13.8. The van der Waals surface area contributed by atoms with E-state index in [0.29, 0.717) is 18.1 Å². The fraction of sp³-hybridized carbons (Fsp3) is 0.350. The third-order valence-electron chi connectivity index (χ3n) is 4.90. The Kier molecular flexibility index (Phi) is 6.89. The highest BCUT2D eigenvalue weighted by molar-refractivity contribution is 7.89. The smallest absolute Gasteiger partial charge is 0.246 e. The van der Waals surface area contributed by atoms with Gasteiger partial charge < -0.3 is 5.32 Å². The quantitative estimate of drug-likeness (QED) is 0.751. The summed E-state index contributed by atoms with van der Waals surface area (Å²) < 4.78 is 40.4. The lowest BCUT2D eigenvalue weighted by atomic mass is 10.1. The van der Waals surface area contributed by atoms with Crippen LogP contribution in [0, 0.1) is 5.82 Å². The lowest BCUT2D eigenvalue weighted by Crippen LogP contribution is -2.51. The number of nitrogens with one attached hydrogen (secondary N) is 1. The van der Waals surface area contributed by atoms with E-state index in [0.717, 1.165) is 11.6 Å². The molecule has 0 bridgehead atoms. The van der Waals surface area contributed by atoms with Gasteiger partial charge in [-0.05, 0) is 36.8 Å². The zero-order valence-electron chi connectivity index (χ0n) is 16.0. The minimum absolute atomic E-state index is 0.141. The van der Waals surface area contributed by atoms with Crippen LogP contribution in [-0.2, 0) is 14.8 Å². The van der Waals surface area contributed by atoms with E-state index in [4.69, 9.17) is 11.6 Å². The van der Waals surface area contributed by atoms with Crippen molar-refractivity contribution in [2.24, 2.45) is 0 Å². The zero-order chi connectivity index (χ0) is 21.0. The number of piperazine rings is 1. The van der Waals surface area contributed by atoms with E-state index in [1.54, 1.807) is 12.1 Å². The Morgan fingerprint density at radius 2 is 1.72 bits per heavy atom. The molecule has 1 fully saturated rings. The van der Waals surface area contributed by atoms with Crippen molar-refractivity contribution in [3.8, 4) is 0 Å². The number of hydrogen-bond acceptors (Lipinski definition) is 4. The molecule has 1 heterocycles. The zero-order valence-corrected chi connectivity index (χ0v) is 17.6. The summed E-state index contributed by atoms with van der Waals surface area (Å²) in [6, 6.07) is 12.5. The first kappa shape index (κ1) is 21.7. The fourth-order valence-electron chi connectivity index (χ4n) is 3.25. The molecule has 1 amide bonds. The molecule has 0 spiro atoms. The summed E-state index contributed by atoms with van der Waals surface area (Å²) in [7, 11) is -3.88. The molecule has 0 saturated carbocycles. The molecule has 1 aliphatic heterocycles. The predicted octanol–water partition coefficient (Wildman–Crippen LogP) is 2.66. The summed E-state index contributed by atoms with van der Waals surface area (Å²) >= 11 is 5.88. The summed E-state index contributed by atoms with van der Waals surface area (Å²) in [5.74, 6) is -0.900. The average molecular weight is 440 g/mol. The molecule has 0 aliphatic carbocycles. The van der Waals surface area contributed by atoms with Gasteiger partial charge in [-0.15, -0.1) is 0 Å². The number of hydrogen-bond donors (Lipinski definition) is 1. The molecule has 1 atom stereocenters. The van der Waals surface area contributed by atoms with E-state index in [-0.39, 0.29) is 36.5 Å². The molecule has 2 aromatic rings. The van der Waals surface area contributed by atoms with Gasteiger partial charge in [0.15, 0.2) is 0 Å². The summed E-state index contributed by atoms with van der Waals surface area (Å²) in [6.07, 6.45) is 0. The lowest BCUT2D eigenvalue weighted by Gasteiger charge is -2.33. The van der Waals surface area contributed by atoms with E-state index < -0.39 is 15.8 Å². The highest BCUT2D eigenvalue weighted by atomic mass is 35.5. The van der Waals surface area contributed by atoms with Crippen molar-refractivity contribution >= 4 is 27.5 Å². The highest BCUT2D eigenvalue weighted by Crippen LogP contribution is 2.20. The van der Waals surface area contributed by atoms with Gasteiger partial charge in [0.1, 0.15) is 10.7 Å². The molecule has 1 aliphatic rings. The van der Waals surface area contributed by atoms with Crippen LogP contribution in [0.4, 0.5) is 4.39 Å². The number of carbonyl (C=O) groups excluding carboxylic acids is 1. The molecule has 9 heteroatoms. The standard InChI is InChI=1S/C20H23ClFN3O3S/c1-15(16-6-8-17(21)9-7-16)23-20(26)14-24-10-12-25(13-11-24)29(27,28)19-5-3-2-4-18(19)22/h2-9,15H,10-14H2,1H3,(H,23,26). The Bertz CT molecular complexity index is 961. The van der Waals surface area contributed by atoms with Gasteiger partial charge in [0.05, 0.1) is 12.6 Å². The fourth-order valence-corrected chi connectivity index (χ4v) is 4.86. The maximum Gasteiger partial charge on any atom is 0.246 e. The van der Waals surface area contributed by atoms with Crippen LogP contribution in [0.15, 0.2) is 53.4 Å². The Labute approximate surface area is 175 Å². The maximum atomic E-state index is 13.9. The second kappa shape index (κ2) is 9.21. The molecule has 1 unspecified atom stereocenters. The van der Waals surface area contributed by atoms with E-state index in [1.165, 1.54) is 22.5 Å². The molecule has 6 nitrogen and oxygen atoms in total. The Morgan fingerprint density at radius 3 is 2.34 bits per heavy atom. The van der Waals surface area contributed by atoms with Crippen LogP contribution >= 0.6 is 11.6 Å². The molecule has 0 radical (unpaired) electrons. The van der Waals surface area contributed by atoms with Crippen LogP contribution in [-0.4, -0.2) is 56.3 Å². The third-order valence-corrected chi connectivity index (χ3v) is 7.08. The second-order valence-corrected chi connectivity index (χ2v) is 9.29. The van der Waals surface area contributed by atoms with Gasteiger partial charge in [0, 0.05) is 31.2 Å². The predicted molar refractivity (Wildman–Crippen MR) is 110 cm³/mol. The van der Waals surface area contributed by atoms with E-state index >= 15 is 0 Å². The highest BCUT2D eigenvalue weighted by Gasteiger charge is 2.30. The van der Waals surface area contributed by atoms with Crippen molar-refractivity contribution in [1.29, 1.82) is 0 Å². The van der Waals surface area contributed by atoms with Crippen LogP contribution in [0.25, 0.3) is 0 Å². The maximum absolute atomic E-state index is 13.9. The van der Waals surface area contributed by atoms with Gasteiger partial charge in [-0.25, -0.2) is 12.8 Å². The van der Waals surface area contributed by atoms with Crippen LogP contribution < -0.4 is 5.32 Å². The Hall–Kier alpha value is -2.00. The molecule has 1 saturated heterocycles. The molecule has 29 heavy (non-hydrogen) atoms. The number of benzene rings is 2. The van der Waals surface area contributed by atoms with Crippen molar-refractivity contribution in [2.75, 3.05) is 32.7 Å². The van der Waals surface area contributed by atoms with Crippen molar-refractivity contribution in [2.45, 2.75) is 17.9 Å². The lowest BCUT2D eigenvalue weighted by molar-refractivity contribution is -0.123. The SMILES string of the molecule is CC(NC(=O)CN1CCN(S(=O)(=O)c2ccccc2F)CC1)c1ccc(Cl)cc1. The van der Waals surface area contributed by atoms with Gasteiger partial charge in [0.2, 0.25) is 15.9 Å². The van der Waals surface area contributed by atoms with Crippen molar-refractivity contribution < 1.29 is 17.6 Å². The topological polar surface area (TPSA) is 69.7 Å². The Morgan fingerprint density at radius 1 is 1.10 bits per heavy atom. The average Bonchev–Trinajstić information content (AvgIpc) is 2.69. The molecular formula is C20H23ClFN3O3S. The molecule has 156 valence electrons. The van der Waals surface area contributed by atoms with Crippen LogP contribution in [0.3, 0.4) is 0 Å². The summed E-state index contributed by atoms with van der Waals surface area (Å²) in [5, 5.41) is 3.57. The first-order valence-electron chi connectivity index (χ1n) is 9.29. The number of sulfonamides is 1. The number of carbonyl (C=O) groups is 1. The molecule has 0 aromatic heterocycles. The summed E-state index contributed by atoms with van der Waals surface area (Å²) in [6.45, 7) is 3.27. The number of rotatable bonds is 6. The van der Waals surface area contributed by atoms with Gasteiger partial charge in [-0.3, -0.25) is 9.69 Å². The number of amides is 1. The monoisotopic (exact) mass is 439 g/mol. The minimum Gasteiger partial charge on any atom is -0.348 e. The van der Waals surface area contributed by atoms with Crippen molar-refractivity contribution in [1.82, 2.24) is 14.5 Å². The molecule has 3 rings (SSSR count). The van der Waals surface area contributed by atoms with Crippen molar-refractivity contribution in [3.63, 3.8) is 0 Å². The second-order valence-electron chi connectivity index (χ2n) is 6.95. The minimum atomic E-state index is -3.88. The molecule has 1 N–H and O–H groups in total. The summed E-state index contributed by atoms with van der Waals surface area (Å²) in [5.41, 5.74) is 0.948. The van der Waals surface area contributed by atoms with Gasteiger partial charge in [0.25, 0.3) is 0 Å². The number of nitrogens with zero attached hydrogens (tertiary/aromatic N) is 2. The van der Waals surface area contributed by atoms with Gasteiger partial charge >= 0.3 is 0 Å². The first-order valence-corrected chi connectivity index (χ1v) is 11.1. The van der Waals surface area contributed by atoms with Gasteiger partial charge in [-0.1, -0.05) is 35.9 Å². The van der Waals surface area contributed by atoms with Crippen LogP contribution in [0.2, 0.25) is 5.02 Å². The van der Waals surface area contributed by atoms with Crippen LogP contribution in [0.5, 0.6) is 0 Å². The molecular weight excluding hydrogens is 417 g/mol. The van der Waals surface area contributed by atoms with Crippen molar-refractivity contribution in [3.05, 3.63) is 64.9 Å². The number of halogens is 2. The third kappa shape index (κ3) is 5.33. The van der Waals surface area contributed by atoms with Crippen LogP contribution in [0.1, 0.15) is 18.5 Å². The van der Waals surface area contributed by atoms with E-state index in [9.17, 15) is 17.6 Å². The van der Waals surface area contributed by atoms with E-state index in [1.807, 2.05) is 24.0 Å². The Balaban J connectivity index is 1.52.